The minimum absolute atomic E-state index is 0.0468. The van der Waals surface area contributed by atoms with Crippen LogP contribution in [0.25, 0.3) is 0 Å². The standard InChI is InChI=1S/C26H47N3O3/c1-2-3-4-5-6-7-8-9-10-11-12-13-14-15-16-17-24-27-20-22-29(24)23-21-28-25(30)18-19-26(31)32/h9-10H,2-8,11-23H2,1H3,(H,28,30)(H,31,32)/b10-9+. The van der Waals surface area contributed by atoms with E-state index in [-0.39, 0.29) is 18.7 Å². The highest BCUT2D eigenvalue weighted by Gasteiger charge is 2.16. The first-order valence-corrected chi connectivity index (χ1v) is 13.0. The molecule has 1 aliphatic rings. The maximum absolute atomic E-state index is 11.6. The Morgan fingerprint density at radius 3 is 2.22 bits per heavy atom. The molecule has 6 heteroatoms. The highest BCUT2D eigenvalue weighted by Crippen LogP contribution is 2.12. The van der Waals surface area contributed by atoms with Crippen molar-refractivity contribution in [1.82, 2.24) is 10.2 Å². The summed E-state index contributed by atoms with van der Waals surface area (Å²) < 4.78 is 0. The molecule has 0 aromatic heterocycles. The number of amides is 1. The third-order valence-electron chi connectivity index (χ3n) is 5.96. The Morgan fingerprint density at radius 2 is 1.56 bits per heavy atom. The fourth-order valence-corrected chi connectivity index (χ4v) is 4.00. The molecule has 0 radical (unpaired) electrons. The maximum atomic E-state index is 11.6. The van der Waals surface area contributed by atoms with Gasteiger partial charge in [0.1, 0.15) is 0 Å². The van der Waals surface area contributed by atoms with Gasteiger partial charge in [-0.2, -0.15) is 0 Å². The predicted molar refractivity (Wildman–Crippen MR) is 133 cm³/mol. The van der Waals surface area contributed by atoms with E-state index in [0.29, 0.717) is 6.54 Å². The molecule has 6 nitrogen and oxygen atoms in total. The Hall–Kier alpha value is -1.85. The van der Waals surface area contributed by atoms with Gasteiger partial charge in [0.15, 0.2) is 0 Å². The van der Waals surface area contributed by atoms with Crippen molar-refractivity contribution >= 4 is 17.7 Å². The average molecular weight is 450 g/mol. The fourth-order valence-electron chi connectivity index (χ4n) is 4.00. The Labute approximate surface area is 195 Å². The van der Waals surface area contributed by atoms with Crippen molar-refractivity contribution in [2.75, 3.05) is 26.2 Å². The van der Waals surface area contributed by atoms with E-state index in [2.05, 4.69) is 34.3 Å². The molecule has 0 spiro atoms. The number of unbranched alkanes of at least 4 members (excludes halogenated alkanes) is 11. The van der Waals surface area contributed by atoms with Gasteiger partial charge < -0.3 is 15.3 Å². The van der Waals surface area contributed by atoms with Crippen molar-refractivity contribution in [2.45, 2.75) is 110 Å². The lowest BCUT2D eigenvalue weighted by Gasteiger charge is -2.20. The van der Waals surface area contributed by atoms with Gasteiger partial charge in [-0.15, -0.1) is 0 Å². The van der Waals surface area contributed by atoms with Crippen LogP contribution in [0.5, 0.6) is 0 Å². The molecule has 0 atom stereocenters. The average Bonchev–Trinajstić information content (AvgIpc) is 3.22. The number of carboxylic acid groups (broad SMARTS) is 1. The van der Waals surface area contributed by atoms with Gasteiger partial charge in [-0.25, -0.2) is 0 Å². The first kappa shape index (κ1) is 28.2. The van der Waals surface area contributed by atoms with Crippen LogP contribution in [0, 0.1) is 0 Å². The lowest BCUT2D eigenvalue weighted by Crippen LogP contribution is -2.37. The number of amidine groups is 1. The lowest BCUT2D eigenvalue weighted by atomic mass is 10.1. The molecule has 0 saturated carbocycles. The molecule has 0 fully saturated rings. The number of carbonyl (C=O) groups is 2. The molecule has 0 unspecified atom stereocenters. The number of hydrogen-bond donors (Lipinski definition) is 2. The van der Waals surface area contributed by atoms with E-state index in [1.165, 1.54) is 89.3 Å². The Morgan fingerprint density at radius 1 is 0.938 bits per heavy atom. The summed E-state index contributed by atoms with van der Waals surface area (Å²) >= 11 is 0. The minimum Gasteiger partial charge on any atom is -0.481 e. The van der Waals surface area contributed by atoms with Gasteiger partial charge in [0.25, 0.3) is 0 Å². The highest BCUT2D eigenvalue weighted by molar-refractivity contribution is 5.84. The zero-order valence-corrected chi connectivity index (χ0v) is 20.5. The molecule has 1 heterocycles. The summed E-state index contributed by atoms with van der Waals surface area (Å²) in [6.45, 7) is 5.33. The normalized spacial score (nSPS) is 13.7. The number of carboxylic acids is 1. The summed E-state index contributed by atoms with van der Waals surface area (Å²) in [6.07, 6.45) is 22.7. The zero-order chi connectivity index (χ0) is 23.3. The van der Waals surface area contributed by atoms with E-state index in [4.69, 9.17) is 5.11 Å². The van der Waals surface area contributed by atoms with Gasteiger partial charge in [0, 0.05) is 32.5 Å². The van der Waals surface area contributed by atoms with E-state index >= 15 is 0 Å². The number of rotatable bonds is 21. The Balaban J connectivity index is 1.94. The minimum atomic E-state index is -0.936. The van der Waals surface area contributed by atoms with Gasteiger partial charge >= 0.3 is 5.97 Å². The van der Waals surface area contributed by atoms with E-state index in [1.54, 1.807) is 0 Å². The molecule has 184 valence electrons. The van der Waals surface area contributed by atoms with Crippen LogP contribution < -0.4 is 5.32 Å². The highest BCUT2D eigenvalue weighted by atomic mass is 16.4. The smallest absolute Gasteiger partial charge is 0.303 e. The maximum Gasteiger partial charge on any atom is 0.303 e. The molecular weight excluding hydrogens is 402 g/mol. The number of allylic oxidation sites excluding steroid dienone is 2. The van der Waals surface area contributed by atoms with Crippen LogP contribution in [0.1, 0.15) is 110 Å². The van der Waals surface area contributed by atoms with Crippen LogP contribution in [0.4, 0.5) is 0 Å². The molecular formula is C26H47N3O3. The van der Waals surface area contributed by atoms with E-state index in [9.17, 15) is 9.59 Å². The van der Waals surface area contributed by atoms with Crippen molar-refractivity contribution in [3.05, 3.63) is 12.2 Å². The van der Waals surface area contributed by atoms with Crippen molar-refractivity contribution in [2.24, 2.45) is 4.99 Å². The molecule has 0 aliphatic carbocycles. The van der Waals surface area contributed by atoms with Gasteiger partial charge in [-0.1, -0.05) is 70.4 Å². The summed E-state index contributed by atoms with van der Waals surface area (Å²) in [5.74, 6) is 0.0406. The molecule has 1 rings (SSSR count). The number of carbonyl (C=O) groups excluding carboxylic acids is 1. The van der Waals surface area contributed by atoms with Crippen molar-refractivity contribution in [3.63, 3.8) is 0 Å². The Kier molecular flexibility index (Phi) is 17.4. The number of nitrogens with one attached hydrogen (secondary N) is 1. The van der Waals surface area contributed by atoms with Crippen LogP contribution in [-0.2, 0) is 9.59 Å². The topological polar surface area (TPSA) is 82.0 Å². The quantitative estimate of drug-likeness (QED) is 0.173. The van der Waals surface area contributed by atoms with Gasteiger partial charge in [-0.05, 0) is 32.1 Å². The van der Waals surface area contributed by atoms with E-state index < -0.39 is 5.97 Å². The largest absolute Gasteiger partial charge is 0.481 e. The van der Waals surface area contributed by atoms with Crippen LogP contribution >= 0.6 is 0 Å². The van der Waals surface area contributed by atoms with Gasteiger partial charge in [0.05, 0.1) is 18.8 Å². The van der Waals surface area contributed by atoms with Crippen LogP contribution in [0.3, 0.4) is 0 Å². The monoisotopic (exact) mass is 449 g/mol. The number of aliphatic carboxylic acids is 1. The Bertz CT molecular complexity index is 561. The van der Waals surface area contributed by atoms with E-state index in [1.807, 2.05) is 0 Å². The second kappa shape index (κ2) is 19.8. The molecule has 0 bridgehead atoms. The summed E-state index contributed by atoms with van der Waals surface area (Å²) in [7, 11) is 0. The number of aliphatic imine (C=N–C) groups is 1. The van der Waals surface area contributed by atoms with E-state index in [0.717, 1.165) is 26.1 Å². The third-order valence-corrected chi connectivity index (χ3v) is 5.96. The number of nitrogens with zero attached hydrogens (tertiary/aromatic N) is 2. The summed E-state index contributed by atoms with van der Waals surface area (Å²) in [4.78, 5) is 29.0. The van der Waals surface area contributed by atoms with Gasteiger partial charge in [-0.3, -0.25) is 14.6 Å². The van der Waals surface area contributed by atoms with Crippen LogP contribution in [0.2, 0.25) is 0 Å². The molecule has 32 heavy (non-hydrogen) atoms. The molecule has 0 aromatic rings. The molecule has 1 aliphatic heterocycles. The van der Waals surface area contributed by atoms with Crippen molar-refractivity contribution in [1.29, 1.82) is 0 Å². The van der Waals surface area contributed by atoms with Crippen LogP contribution in [-0.4, -0.2) is 53.9 Å². The van der Waals surface area contributed by atoms with Crippen molar-refractivity contribution in [3.8, 4) is 0 Å². The molecule has 0 aromatic carbocycles. The summed E-state index contributed by atoms with van der Waals surface area (Å²) in [6, 6.07) is 0. The van der Waals surface area contributed by atoms with Crippen molar-refractivity contribution < 1.29 is 14.7 Å². The summed E-state index contributed by atoms with van der Waals surface area (Å²) in [5.41, 5.74) is 0. The first-order chi connectivity index (χ1) is 15.6. The molecule has 2 N–H and O–H groups in total. The second-order valence-corrected chi connectivity index (χ2v) is 8.86. The lowest BCUT2D eigenvalue weighted by molar-refractivity contribution is -0.138. The predicted octanol–water partition coefficient (Wildman–Crippen LogP) is 5.72. The summed E-state index contributed by atoms with van der Waals surface area (Å²) in [5, 5.41) is 11.4. The van der Waals surface area contributed by atoms with Crippen LogP contribution in [0.15, 0.2) is 17.1 Å². The third kappa shape index (κ3) is 15.9. The second-order valence-electron chi connectivity index (χ2n) is 8.86. The van der Waals surface area contributed by atoms with Gasteiger partial charge in [0.2, 0.25) is 5.91 Å². The SMILES string of the molecule is CCCCCCCC/C=C/CCCCCCCC1=NCCN1CCNC(=O)CCC(=O)O. The fraction of sp³-hybridized carbons (Fsp3) is 0.808. The first-order valence-electron chi connectivity index (χ1n) is 13.0. The zero-order valence-electron chi connectivity index (χ0n) is 20.5. The molecule has 0 saturated heterocycles. The molecule has 1 amide bonds. The number of hydrogen-bond acceptors (Lipinski definition) is 4.